The monoisotopic (exact) mass is 434 g/mol. The van der Waals surface area contributed by atoms with Crippen molar-refractivity contribution in [1.29, 1.82) is 0 Å². The Bertz CT molecular complexity index is 1230. The zero-order valence-electron chi connectivity index (χ0n) is 16.6. The number of para-hydroxylation sites is 1. The van der Waals surface area contributed by atoms with Crippen LogP contribution in [0.2, 0.25) is 0 Å². The highest BCUT2D eigenvalue weighted by Crippen LogP contribution is 2.21. The Kier molecular flexibility index (Phi) is 6.18. The van der Waals surface area contributed by atoms with Crippen LogP contribution in [0.4, 0.5) is 5.69 Å². The molecule has 31 heavy (non-hydrogen) atoms. The lowest BCUT2D eigenvalue weighted by molar-refractivity contribution is -0.113. The second kappa shape index (κ2) is 9.35. The van der Waals surface area contributed by atoms with Crippen molar-refractivity contribution in [3.63, 3.8) is 0 Å². The zero-order chi connectivity index (χ0) is 21.6. The molecule has 0 aliphatic carbocycles. The average molecular weight is 434 g/mol. The number of ether oxygens (including phenoxy) is 1. The highest BCUT2D eigenvalue weighted by atomic mass is 32.2. The molecule has 0 saturated heterocycles. The highest BCUT2D eigenvalue weighted by Gasteiger charge is 2.16. The van der Waals surface area contributed by atoms with Gasteiger partial charge in [-0.2, -0.15) is 9.61 Å². The molecule has 0 aliphatic rings. The zero-order valence-corrected chi connectivity index (χ0v) is 17.4. The Hall–Kier alpha value is -3.79. The number of fused-ring (bicyclic) bond motifs is 1. The van der Waals surface area contributed by atoms with Gasteiger partial charge in [0, 0.05) is 18.0 Å². The molecule has 10 heteroatoms. The molecule has 0 fully saturated rings. The van der Waals surface area contributed by atoms with Gasteiger partial charge in [0.25, 0.3) is 0 Å². The van der Waals surface area contributed by atoms with Gasteiger partial charge in [0.1, 0.15) is 0 Å². The normalized spacial score (nSPS) is 10.7. The summed E-state index contributed by atoms with van der Waals surface area (Å²) in [5.41, 5.74) is 2.93. The molecule has 0 spiro atoms. The third kappa shape index (κ3) is 4.69. The van der Waals surface area contributed by atoms with Gasteiger partial charge in [-0.1, -0.05) is 23.9 Å². The maximum atomic E-state index is 12.5. The lowest BCUT2D eigenvalue weighted by Gasteiger charge is -2.10. The summed E-state index contributed by atoms with van der Waals surface area (Å²) in [4.78, 5) is 28.6. The summed E-state index contributed by atoms with van der Waals surface area (Å²) in [6.45, 7) is 1.98. The van der Waals surface area contributed by atoms with Crippen LogP contribution in [-0.4, -0.2) is 49.0 Å². The quantitative estimate of drug-likeness (QED) is 0.349. The van der Waals surface area contributed by atoms with Crippen LogP contribution in [0.15, 0.2) is 66.1 Å². The fourth-order valence-electron chi connectivity index (χ4n) is 2.83. The molecule has 1 aromatic carbocycles. The predicted molar refractivity (Wildman–Crippen MR) is 116 cm³/mol. The van der Waals surface area contributed by atoms with Crippen LogP contribution in [0.25, 0.3) is 16.9 Å². The molecule has 3 aromatic heterocycles. The fourth-order valence-corrected chi connectivity index (χ4v) is 3.52. The van der Waals surface area contributed by atoms with Crippen LogP contribution in [0.5, 0.6) is 0 Å². The summed E-state index contributed by atoms with van der Waals surface area (Å²) in [5.74, 6) is -0.704. The van der Waals surface area contributed by atoms with Crippen molar-refractivity contribution in [3.05, 3.63) is 66.5 Å². The van der Waals surface area contributed by atoms with Crippen molar-refractivity contribution < 1.29 is 14.3 Å². The molecule has 0 aliphatic heterocycles. The van der Waals surface area contributed by atoms with E-state index in [4.69, 9.17) is 4.74 Å². The summed E-state index contributed by atoms with van der Waals surface area (Å²) in [5, 5.41) is 16.0. The number of rotatable bonds is 7. The molecule has 4 aromatic rings. The number of aromatic nitrogens is 5. The van der Waals surface area contributed by atoms with Crippen molar-refractivity contribution in [2.24, 2.45) is 0 Å². The number of esters is 1. The second-order valence-electron chi connectivity index (χ2n) is 6.31. The van der Waals surface area contributed by atoms with Crippen LogP contribution >= 0.6 is 11.8 Å². The summed E-state index contributed by atoms with van der Waals surface area (Å²) >= 11 is 1.20. The van der Waals surface area contributed by atoms with Gasteiger partial charge in [-0.05, 0) is 43.3 Å². The molecule has 4 rings (SSSR count). The van der Waals surface area contributed by atoms with Gasteiger partial charge in [-0.25, -0.2) is 4.79 Å². The Balaban J connectivity index is 1.47. The largest absolute Gasteiger partial charge is 0.462 e. The molecule has 0 radical (unpaired) electrons. The first-order valence-electron chi connectivity index (χ1n) is 9.47. The minimum Gasteiger partial charge on any atom is -0.462 e. The Morgan fingerprint density at radius 3 is 2.68 bits per heavy atom. The molecular formula is C21H18N6O3S. The molecule has 1 amide bonds. The van der Waals surface area contributed by atoms with E-state index in [0.717, 1.165) is 11.3 Å². The first-order chi connectivity index (χ1) is 15.2. The van der Waals surface area contributed by atoms with Gasteiger partial charge in [-0.15, -0.1) is 10.2 Å². The topological polar surface area (TPSA) is 111 Å². The molecular weight excluding hydrogens is 416 g/mol. The number of pyridine rings is 1. The Labute approximate surface area is 181 Å². The predicted octanol–water partition coefficient (Wildman–Crippen LogP) is 3.09. The third-order valence-corrected chi connectivity index (χ3v) is 5.16. The molecule has 0 bridgehead atoms. The number of benzene rings is 1. The number of anilines is 1. The maximum absolute atomic E-state index is 12.5. The number of nitrogens with one attached hydrogen (secondary N) is 1. The number of hydrogen-bond donors (Lipinski definition) is 1. The number of carbonyl (C=O) groups is 2. The van der Waals surface area contributed by atoms with E-state index in [9.17, 15) is 9.59 Å². The van der Waals surface area contributed by atoms with Crippen molar-refractivity contribution >= 4 is 35.0 Å². The summed E-state index contributed by atoms with van der Waals surface area (Å²) in [7, 11) is 0. The van der Waals surface area contributed by atoms with Crippen LogP contribution < -0.4 is 5.32 Å². The maximum Gasteiger partial charge on any atom is 0.340 e. The summed E-state index contributed by atoms with van der Waals surface area (Å²) < 4.78 is 6.63. The van der Waals surface area contributed by atoms with Crippen molar-refractivity contribution in [3.8, 4) is 11.3 Å². The molecule has 0 unspecified atom stereocenters. The minimum absolute atomic E-state index is 0.0686. The van der Waals surface area contributed by atoms with Gasteiger partial charge < -0.3 is 10.1 Å². The van der Waals surface area contributed by atoms with E-state index in [1.54, 1.807) is 48.1 Å². The third-order valence-electron chi connectivity index (χ3n) is 4.24. The molecule has 1 N–H and O–H groups in total. The first kappa shape index (κ1) is 20.5. The van der Waals surface area contributed by atoms with E-state index in [0.29, 0.717) is 22.1 Å². The standard InChI is InChI=1S/C21H18N6O3S/c1-2-30-20(29)15-5-3-4-6-17(15)23-19(28)13-31-21-25-24-18-8-7-16(26-27(18)21)14-9-11-22-12-10-14/h3-12H,2,13H2,1H3,(H,23,28). The minimum atomic E-state index is -0.484. The molecule has 3 heterocycles. The number of nitrogens with zero attached hydrogens (tertiary/aromatic N) is 5. The van der Waals surface area contributed by atoms with E-state index in [-0.39, 0.29) is 18.3 Å². The molecule has 0 atom stereocenters. The van der Waals surface area contributed by atoms with E-state index < -0.39 is 5.97 Å². The van der Waals surface area contributed by atoms with Crippen LogP contribution in [0.3, 0.4) is 0 Å². The van der Waals surface area contributed by atoms with Crippen LogP contribution in [-0.2, 0) is 9.53 Å². The number of thioether (sulfide) groups is 1. The SMILES string of the molecule is CCOC(=O)c1ccccc1NC(=O)CSc1nnc2ccc(-c3ccncc3)nn12. The highest BCUT2D eigenvalue weighted by molar-refractivity contribution is 7.99. The second-order valence-corrected chi connectivity index (χ2v) is 7.25. The van der Waals surface area contributed by atoms with Gasteiger partial charge in [-0.3, -0.25) is 9.78 Å². The number of hydrogen-bond acceptors (Lipinski definition) is 8. The smallest absolute Gasteiger partial charge is 0.340 e. The lowest BCUT2D eigenvalue weighted by atomic mass is 10.2. The number of carbonyl (C=O) groups excluding carboxylic acids is 2. The molecule has 156 valence electrons. The summed E-state index contributed by atoms with van der Waals surface area (Å²) in [6.07, 6.45) is 3.39. The number of amides is 1. The van der Waals surface area contributed by atoms with Crippen molar-refractivity contribution in [1.82, 2.24) is 24.8 Å². The van der Waals surface area contributed by atoms with E-state index >= 15 is 0 Å². The Morgan fingerprint density at radius 1 is 1.06 bits per heavy atom. The van der Waals surface area contributed by atoms with Gasteiger partial charge in [0.2, 0.25) is 11.1 Å². The van der Waals surface area contributed by atoms with Gasteiger partial charge in [0.05, 0.1) is 29.3 Å². The first-order valence-corrected chi connectivity index (χ1v) is 10.5. The average Bonchev–Trinajstić information content (AvgIpc) is 3.21. The van der Waals surface area contributed by atoms with E-state index in [2.05, 4.69) is 25.6 Å². The van der Waals surface area contributed by atoms with Crippen LogP contribution in [0, 0.1) is 0 Å². The van der Waals surface area contributed by atoms with Crippen molar-refractivity contribution in [2.75, 3.05) is 17.7 Å². The molecule has 9 nitrogen and oxygen atoms in total. The van der Waals surface area contributed by atoms with Crippen LogP contribution in [0.1, 0.15) is 17.3 Å². The summed E-state index contributed by atoms with van der Waals surface area (Å²) in [6, 6.07) is 14.1. The fraction of sp³-hybridized carbons (Fsp3) is 0.143. The van der Waals surface area contributed by atoms with E-state index in [1.807, 2.05) is 24.3 Å². The van der Waals surface area contributed by atoms with Crippen molar-refractivity contribution in [2.45, 2.75) is 12.1 Å². The Morgan fingerprint density at radius 2 is 1.87 bits per heavy atom. The van der Waals surface area contributed by atoms with Gasteiger partial charge >= 0.3 is 5.97 Å². The van der Waals surface area contributed by atoms with Gasteiger partial charge in [0.15, 0.2) is 5.65 Å². The molecule has 0 saturated carbocycles. The van der Waals surface area contributed by atoms with E-state index in [1.165, 1.54) is 11.8 Å². The lowest BCUT2D eigenvalue weighted by Crippen LogP contribution is -2.17.